The van der Waals surface area contributed by atoms with Gasteiger partial charge in [-0.15, -0.1) is 6.58 Å². The molecule has 0 radical (unpaired) electrons. The van der Waals surface area contributed by atoms with Gasteiger partial charge in [0, 0.05) is 11.8 Å². The van der Waals surface area contributed by atoms with Crippen molar-refractivity contribution in [1.29, 1.82) is 0 Å². The molecule has 28 heavy (non-hydrogen) atoms. The highest BCUT2D eigenvalue weighted by molar-refractivity contribution is 9.18. The Morgan fingerprint density at radius 2 is 1.96 bits per heavy atom. The molecule has 0 aromatic heterocycles. The Balaban J connectivity index is 1.77. The summed E-state index contributed by atoms with van der Waals surface area (Å²) in [5.41, 5.74) is 2.06. The highest BCUT2D eigenvalue weighted by Gasteiger charge is 2.56. The number of ether oxygens (including phenoxy) is 1. The Labute approximate surface area is 178 Å². The van der Waals surface area contributed by atoms with E-state index in [0.717, 1.165) is 12.8 Å². The minimum absolute atomic E-state index is 0.00884. The van der Waals surface area contributed by atoms with E-state index in [2.05, 4.69) is 55.4 Å². The van der Waals surface area contributed by atoms with Crippen LogP contribution in [0.3, 0.4) is 0 Å². The minimum Gasteiger partial charge on any atom is -0.465 e. The van der Waals surface area contributed by atoms with Gasteiger partial charge in [0.2, 0.25) is 0 Å². The molecule has 3 aliphatic carbocycles. The van der Waals surface area contributed by atoms with Gasteiger partial charge in [-0.25, -0.2) is 0 Å². The summed E-state index contributed by atoms with van der Waals surface area (Å²) < 4.78 is 5.53. The molecule has 0 spiro atoms. The number of carbonyl (C=O) groups excluding carboxylic acids is 2. The maximum Gasteiger partial charge on any atom is 0.306 e. The van der Waals surface area contributed by atoms with Crippen molar-refractivity contribution in [3.05, 3.63) is 24.3 Å². The van der Waals surface area contributed by atoms with Gasteiger partial charge < -0.3 is 4.74 Å². The molecule has 0 saturated heterocycles. The van der Waals surface area contributed by atoms with E-state index in [1.54, 1.807) is 5.57 Å². The quantitative estimate of drug-likeness (QED) is 0.268. The zero-order chi connectivity index (χ0) is 20.6. The van der Waals surface area contributed by atoms with Gasteiger partial charge in [0.25, 0.3) is 0 Å². The summed E-state index contributed by atoms with van der Waals surface area (Å²) in [6.07, 6.45) is 13.3. The predicted molar refractivity (Wildman–Crippen MR) is 116 cm³/mol. The van der Waals surface area contributed by atoms with Crippen LogP contribution in [0.2, 0.25) is 0 Å². The van der Waals surface area contributed by atoms with Gasteiger partial charge in [0.05, 0.1) is 13.0 Å². The Bertz CT molecular complexity index is 683. The van der Waals surface area contributed by atoms with Gasteiger partial charge in [0.1, 0.15) is 0 Å². The standard InChI is InChI=1S/C24H35BrO3/c1-5-22(2)13-6-8-18-17(22)9-10-19-23(3,14-7-15-24(18,19)4)16-28-21(27)12-11-20(25)26/h5,8,17,19H,1,6-7,9-16H2,2-4H3/t17?,19?,22-,23-,24-/m0/s1. The van der Waals surface area contributed by atoms with Crippen LogP contribution in [0.25, 0.3) is 0 Å². The molecule has 156 valence electrons. The van der Waals surface area contributed by atoms with Gasteiger partial charge in [-0.05, 0) is 77.1 Å². The van der Waals surface area contributed by atoms with Crippen molar-refractivity contribution in [2.24, 2.45) is 28.1 Å². The lowest BCUT2D eigenvalue weighted by molar-refractivity contribution is -0.153. The molecule has 3 aliphatic rings. The van der Waals surface area contributed by atoms with Gasteiger partial charge in [0.15, 0.2) is 4.69 Å². The lowest BCUT2D eigenvalue weighted by atomic mass is 9.44. The number of rotatable bonds is 6. The molecule has 2 saturated carbocycles. The predicted octanol–water partition coefficient (Wildman–Crippen LogP) is 6.37. The largest absolute Gasteiger partial charge is 0.465 e. The average molecular weight is 451 g/mol. The monoisotopic (exact) mass is 450 g/mol. The van der Waals surface area contributed by atoms with Crippen molar-refractivity contribution in [3.8, 4) is 0 Å². The summed E-state index contributed by atoms with van der Waals surface area (Å²) in [4.78, 5) is 23.2. The smallest absolute Gasteiger partial charge is 0.306 e. The van der Waals surface area contributed by atoms with Crippen molar-refractivity contribution in [1.82, 2.24) is 0 Å². The van der Waals surface area contributed by atoms with E-state index in [9.17, 15) is 9.59 Å². The molecule has 0 N–H and O–H groups in total. The first-order valence-corrected chi connectivity index (χ1v) is 11.6. The second-order valence-electron chi connectivity index (χ2n) is 10.0. The molecule has 2 fully saturated rings. The topological polar surface area (TPSA) is 43.4 Å². The van der Waals surface area contributed by atoms with Crippen LogP contribution in [0.4, 0.5) is 0 Å². The van der Waals surface area contributed by atoms with Crippen molar-refractivity contribution < 1.29 is 14.3 Å². The molecular weight excluding hydrogens is 416 g/mol. The van der Waals surface area contributed by atoms with E-state index in [1.807, 2.05) is 0 Å². The van der Waals surface area contributed by atoms with E-state index in [4.69, 9.17) is 4.74 Å². The molecule has 0 aromatic carbocycles. The van der Waals surface area contributed by atoms with Crippen molar-refractivity contribution in [2.45, 2.75) is 78.6 Å². The maximum atomic E-state index is 12.1. The number of carbonyl (C=O) groups is 2. The number of hydrogen-bond acceptors (Lipinski definition) is 3. The van der Waals surface area contributed by atoms with E-state index in [-0.39, 0.29) is 39.7 Å². The first kappa shape index (κ1) is 21.8. The van der Waals surface area contributed by atoms with Crippen LogP contribution >= 0.6 is 15.9 Å². The lowest BCUT2D eigenvalue weighted by Gasteiger charge is -2.60. The first-order chi connectivity index (χ1) is 13.1. The second-order valence-corrected chi connectivity index (χ2v) is 10.9. The van der Waals surface area contributed by atoms with Crippen LogP contribution in [0.1, 0.15) is 78.6 Å². The third-order valence-corrected chi connectivity index (χ3v) is 8.63. The molecule has 3 nitrogen and oxygen atoms in total. The fourth-order valence-electron chi connectivity index (χ4n) is 6.58. The molecule has 4 heteroatoms. The Kier molecular flexibility index (Phi) is 6.29. The zero-order valence-electron chi connectivity index (χ0n) is 17.7. The van der Waals surface area contributed by atoms with Gasteiger partial charge in [-0.2, -0.15) is 0 Å². The van der Waals surface area contributed by atoms with Gasteiger partial charge in [-0.1, -0.05) is 44.9 Å². The number of allylic oxidation sites excluding steroid dienone is 3. The van der Waals surface area contributed by atoms with Crippen LogP contribution in [-0.2, 0) is 14.3 Å². The van der Waals surface area contributed by atoms with Crippen LogP contribution < -0.4 is 0 Å². The molecule has 3 rings (SSSR count). The third kappa shape index (κ3) is 3.91. The van der Waals surface area contributed by atoms with Crippen molar-refractivity contribution in [2.75, 3.05) is 6.61 Å². The van der Waals surface area contributed by atoms with Crippen molar-refractivity contribution >= 4 is 26.6 Å². The fraction of sp³-hybridized carbons (Fsp3) is 0.750. The normalized spacial score (nSPS) is 39.9. The second kappa shape index (κ2) is 8.08. The summed E-state index contributed by atoms with van der Waals surface area (Å²) >= 11 is 2.88. The van der Waals surface area contributed by atoms with Crippen LogP contribution in [0.15, 0.2) is 24.3 Å². The highest BCUT2D eigenvalue weighted by atomic mass is 79.9. The van der Waals surface area contributed by atoms with E-state index in [1.165, 1.54) is 32.1 Å². The maximum absolute atomic E-state index is 12.1. The van der Waals surface area contributed by atoms with Gasteiger partial charge in [-0.3, -0.25) is 9.59 Å². The van der Waals surface area contributed by atoms with Crippen LogP contribution in [-0.4, -0.2) is 17.3 Å². The summed E-state index contributed by atoms with van der Waals surface area (Å²) in [5.74, 6) is 0.884. The van der Waals surface area contributed by atoms with Crippen LogP contribution in [0, 0.1) is 28.1 Å². The summed E-state index contributed by atoms with van der Waals surface area (Å²) in [5, 5.41) is 0. The third-order valence-electron chi connectivity index (χ3n) is 8.23. The molecule has 0 aromatic rings. The molecule has 0 amide bonds. The molecule has 2 unspecified atom stereocenters. The molecule has 0 aliphatic heterocycles. The summed E-state index contributed by atoms with van der Waals surface area (Å²) in [6.45, 7) is 11.8. The zero-order valence-corrected chi connectivity index (χ0v) is 19.3. The van der Waals surface area contributed by atoms with E-state index < -0.39 is 0 Å². The lowest BCUT2D eigenvalue weighted by Crippen LogP contribution is -2.53. The van der Waals surface area contributed by atoms with E-state index in [0.29, 0.717) is 18.4 Å². The van der Waals surface area contributed by atoms with Crippen LogP contribution in [0.5, 0.6) is 0 Å². The molecule has 0 heterocycles. The number of hydrogen-bond donors (Lipinski definition) is 0. The summed E-state index contributed by atoms with van der Waals surface area (Å²) in [6, 6.07) is 0. The molecule has 5 atom stereocenters. The molecule has 0 bridgehead atoms. The number of halogens is 1. The fourth-order valence-corrected chi connectivity index (χ4v) is 6.78. The molecular formula is C24H35BrO3. The Hall–Kier alpha value is -0.900. The average Bonchev–Trinajstić information content (AvgIpc) is 2.65. The SMILES string of the molecule is C=C[C@@]1(C)CCC=C2C1CCC1[C@](C)(COC(=O)CCC(=O)Br)CCC[C@@]21C. The summed E-state index contributed by atoms with van der Waals surface area (Å²) in [7, 11) is 0. The Morgan fingerprint density at radius 3 is 2.64 bits per heavy atom. The number of fused-ring (bicyclic) bond motifs is 3. The highest BCUT2D eigenvalue weighted by Crippen LogP contribution is 2.65. The Morgan fingerprint density at radius 1 is 1.21 bits per heavy atom. The van der Waals surface area contributed by atoms with E-state index >= 15 is 0 Å². The van der Waals surface area contributed by atoms with Crippen molar-refractivity contribution in [3.63, 3.8) is 0 Å². The van der Waals surface area contributed by atoms with Gasteiger partial charge >= 0.3 is 5.97 Å². The first-order valence-electron chi connectivity index (χ1n) is 10.8. The number of esters is 1. The minimum atomic E-state index is -0.258.